The number of rotatable bonds is 9. The van der Waals surface area contributed by atoms with E-state index < -0.39 is 0 Å². The minimum atomic E-state index is -0.338. The standard InChI is InChI=1S/C32H39N5O3/c38-31(27-11-9-26(10-12-27)25-36-18-4-1-5-19-36)34-29-13-15-30(16-14-29)40-32(39)37-23-21-35(22-24-37)20-6-8-28-7-2-3-17-33-28/h2-3,7,9-17H,1,4-6,8,18-25H2,(H,34,38). The number of piperazine rings is 1. The average Bonchev–Trinajstić information content (AvgIpc) is 3.00. The van der Waals surface area contributed by atoms with Crippen molar-refractivity contribution in [1.29, 1.82) is 0 Å². The zero-order valence-corrected chi connectivity index (χ0v) is 23.1. The summed E-state index contributed by atoms with van der Waals surface area (Å²) in [6.07, 6.45) is 7.37. The summed E-state index contributed by atoms with van der Waals surface area (Å²) in [6.45, 7) is 7.19. The maximum atomic E-state index is 12.7. The lowest BCUT2D eigenvalue weighted by Crippen LogP contribution is -2.49. The lowest BCUT2D eigenvalue weighted by molar-refractivity contribution is 0.102. The van der Waals surface area contributed by atoms with Gasteiger partial charge < -0.3 is 15.0 Å². The Kier molecular flexibility index (Phi) is 9.77. The number of anilines is 1. The number of ether oxygens (including phenoxy) is 1. The molecule has 2 amide bonds. The molecule has 8 heteroatoms. The zero-order chi connectivity index (χ0) is 27.6. The second-order valence-electron chi connectivity index (χ2n) is 10.6. The molecule has 40 heavy (non-hydrogen) atoms. The van der Waals surface area contributed by atoms with Crippen LogP contribution in [0, 0.1) is 0 Å². The fourth-order valence-corrected chi connectivity index (χ4v) is 5.30. The highest BCUT2D eigenvalue weighted by atomic mass is 16.6. The number of piperidine rings is 1. The number of hydrogen-bond donors (Lipinski definition) is 1. The van der Waals surface area contributed by atoms with E-state index in [4.69, 9.17) is 4.74 Å². The first-order chi connectivity index (χ1) is 19.6. The van der Waals surface area contributed by atoms with Crippen molar-refractivity contribution in [2.75, 3.05) is 51.1 Å². The minimum absolute atomic E-state index is 0.160. The Morgan fingerprint density at radius 3 is 2.25 bits per heavy atom. The highest BCUT2D eigenvalue weighted by molar-refractivity contribution is 6.04. The topological polar surface area (TPSA) is 78.0 Å². The number of pyridine rings is 1. The van der Waals surface area contributed by atoms with Crippen molar-refractivity contribution in [2.24, 2.45) is 0 Å². The Balaban J connectivity index is 1.02. The molecule has 2 saturated heterocycles. The van der Waals surface area contributed by atoms with Crippen molar-refractivity contribution in [3.05, 3.63) is 89.7 Å². The summed E-state index contributed by atoms with van der Waals surface area (Å²) < 4.78 is 5.59. The zero-order valence-electron chi connectivity index (χ0n) is 23.1. The van der Waals surface area contributed by atoms with E-state index in [-0.39, 0.29) is 12.0 Å². The third-order valence-electron chi connectivity index (χ3n) is 7.65. The highest BCUT2D eigenvalue weighted by Crippen LogP contribution is 2.19. The van der Waals surface area contributed by atoms with Crippen LogP contribution < -0.4 is 10.1 Å². The fourth-order valence-electron chi connectivity index (χ4n) is 5.30. The van der Waals surface area contributed by atoms with Crippen LogP contribution in [0.5, 0.6) is 5.75 Å². The molecule has 8 nitrogen and oxygen atoms in total. The van der Waals surface area contributed by atoms with E-state index in [1.165, 1.54) is 24.8 Å². The molecular weight excluding hydrogens is 502 g/mol. The monoisotopic (exact) mass is 541 g/mol. The SMILES string of the molecule is O=C(Nc1ccc(OC(=O)N2CCN(CCCc3ccccn3)CC2)cc1)c1ccc(CN2CCCCC2)cc1. The summed E-state index contributed by atoms with van der Waals surface area (Å²) in [7, 11) is 0. The van der Waals surface area contributed by atoms with Gasteiger partial charge in [0, 0.05) is 55.9 Å². The normalized spacial score (nSPS) is 16.4. The van der Waals surface area contributed by atoms with Gasteiger partial charge in [0.2, 0.25) is 0 Å². The van der Waals surface area contributed by atoms with Gasteiger partial charge in [-0.25, -0.2) is 4.79 Å². The second kappa shape index (κ2) is 14.1. The van der Waals surface area contributed by atoms with Gasteiger partial charge in [-0.15, -0.1) is 0 Å². The van der Waals surface area contributed by atoms with E-state index in [2.05, 4.69) is 26.2 Å². The van der Waals surface area contributed by atoms with Crippen LogP contribution in [-0.4, -0.2) is 77.5 Å². The van der Waals surface area contributed by atoms with E-state index in [1.54, 1.807) is 29.2 Å². The number of likely N-dealkylation sites (tertiary alicyclic amines) is 1. The molecule has 1 N–H and O–H groups in total. The molecule has 0 radical (unpaired) electrons. The van der Waals surface area contributed by atoms with Crippen molar-refractivity contribution < 1.29 is 14.3 Å². The molecular formula is C32H39N5O3. The van der Waals surface area contributed by atoms with Gasteiger partial charge >= 0.3 is 6.09 Å². The molecule has 5 rings (SSSR count). The Bertz CT molecular complexity index is 1220. The molecule has 0 atom stereocenters. The fraction of sp³-hybridized carbons (Fsp3) is 0.406. The average molecular weight is 542 g/mol. The van der Waals surface area contributed by atoms with Gasteiger partial charge in [0.25, 0.3) is 5.91 Å². The Morgan fingerprint density at radius 1 is 0.800 bits per heavy atom. The van der Waals surface area contributed by atoms with Gasteiger partial charge in [0.15, 0.2) is 0 Å². The van der Waals surface area contributed by atoms with Crippen molar-refractivity contribution in [2.45, 2.75) is 38.6 Å². The van der Waals surface area contributed by atoms with E-state index in [9.17, 15) is 9.59 Å². The van der Waals surface area contributed by atoms with Gasteiger partial charge in [-0.1, -0.05) is 24.6 Å². The lowest BCUT2D eigenvalue weighted by Gasteiger charge is -2.34. The summed E-state index contributed by atoms with van der Waals surface area (Å²) in [4.78, 5) is 36.4. The number of carbonyl (C=O) groups excluding carboxylic acids is 2. The summed E-state index contributed by atoms with van der Waals surface area (Å²) in [5.74, 6) is 0.301. The first kappa shape index (κ1) is 27.8. The van der Waals surface area contributed by atoms with Crippen molar-refractivity contribution in [1.82, 2.24) is 19.7 Å². The van der Waals surface area contributed by atoms with Crippen molar-refractivity contribution >= 4 is 17.7 Å². The molecule has 2 aliphatic heterocycles. The Morgan fingerprint density at radius 2 is 1.55 bits per heavy atom. The number of aromatic nitrogens is 1. The summed E-state index contributed by atoms with van der Waals surface area (Å²) in [6, 6.07) is 20.8. The summed E-state index contributed by atoms with van der Waals surface area (Å²) >= 11 is 0. The third kappa shape index (κ3) is 8.13. The third-order valence-corrected chi connectivity index (χ3v) is 7.65. The molecule has 0 spiro atoms. The van der Waals surface area contributed by atoms with Crippen LogP contribution in [0.2, 0.25) is 0 Å². The second-order valence-corrected chi connectivity index (χ2v) is 10.6. The van der Waals surface area contributed by atoms with Gasteiger partial charge in [0.05, 0.1) is 0 Å². The first-order valence-electron chi connectivity index (χ1n) is 14.4. The van der Waals surface area contributed by atoms with E-state index in [0.29, 0.717) is 30.1 Å². The van der Waals surface area contributed by atoms with E-state index in [0.717, 1.165) is 57.8 Å². The molecule has 0 bridgehead atoms. The predicted octanol–water partition coefficient (Wildman–Crippen LogP) is 5.07. The highest BCUT2D eigenvalue weighted by Gasteiger charge is 2.22. The molecule has 2 aromatic carbocycles. The van der Waals surface area contributed by atoms with Crippen molar-refractivity contribution in [3.8, 4) is 5.75 Å². The number of nitrogens with zero attached hydrogens (tertiary/aromatic N) is 4. The molecule has 3 aromatic rings. The molecule has 2 fully saturated rings. The number of nitrogens with one attached hydrogen (secondary N) is 1. The minimum Gasteiger partial charge on any atom is -0.410 e. The summed E-state index contributed by atoms with van der Waals surface area (Å²) in [5, 5.41) is 2.93. The van der Waals surface area contributed by atoms with Crippen LogP contribution in [0.4, 0.5) is 10.5 Å². The van der Waals surface area contributed by atoms with Crippen LogP contribution in [0.25, 0.3) is 0 Å². The Hall–Kier alpha value is -3.75. The number of amides is 2. The quantitative estimate of drug-likeness (QED) is 0.408. The van der Waals surface area contributed by atoms with Crippen LogP contribution in [0.1, 0.15) is 47.3 Å². The number of aryl methyl sites for hydroxylation is 1. The van der Waals surface area contributed by atoms with E-state index in [1.807, 2.05) is 42.6 Å². The van der Waals surface area contributed by atoms with Gasteiger partial charge in [-0.3, -0.25) is 19.6 Å². The van der Waals surface area contributed by atoms with Crippen LogP contribution >= 0.6 is 0 Å². The number of benzene rings is 2. The van der Waals surface area contributed by atoms with Crippen LogP contribution in [0.15, 0.2) is 72.9 Å². The molecule has 0 saturated carbocycles. The predicted molar refractivity (Wildman–Crippen MR) is 157 cm³/mol. The maximum Gasteiger partial charge on any atom is 0.415 e. The largest absolute Gasteiger partial charge is 0.415 e. The van der Waals surface area contributed by atoms with Crippen molar-refractivity contribution in [3.63, 3.8) is 0 Å². The number of hydrogen-bond acceptors (Lipinski definition) is 6. The van der Waals surface area contributed by atoms with Gasteiger partial charge in [-0.2, -0.15) is 0 Å². The van der Waals surface area contributed by atoms with Gasteiger partial charge in [-0.05, 0) is 99.4 Å². The Labute approximate surface area is 236 Å². The first-order valence-corrected chi connectivity index (χ1v) is 14.4. The molecule has 0 unspecified atom stereocenters. The number of carbonyl (C=O) groups is 2. The molecule has 210 valence electrons. The van der Waals surface area contributed by atoms with Crippen LogP contribution in [0.3, 0.4) is 0 Å². The smallest absolute Gasteiger partial charge is 0.410 e. The molecule has 2 aliphatic rings. The molecule has 3 heterocycles. The van der Waals surface area contributed by atoms with E-state index >= 15 is 0 Å². The molecule has 0 aliphatic carbocycles. The molecule has 1 aromatic heterocycles. The summed E-state index contributed by atoms with van der Waals surface area (Å²) in [5.41, 5.74) is 3.62. The van der Waals surface area contributed by atoms with Gasteiger partial charge in [0.1, 0.15) is 5.75 Å². The maximum absolute atomic E-state index is 12.7. The lowest BCUT2D eigenvalue weighted by atomic mass is 10.1. The van der Waals surface area contributed by atoms with Crippen LogP contribution in [-0.2, 0) is 13.0 Å².